The summed E-state index contributed by atoms with van der Waals surface area (Å²) in [6.07, 6.45) is -0.274. The second-order valence-corrected chi connectivity index (χ2v) is 5.00. The molecule has 2 aromatic rings. The van der Waals surface area contributed by atoms with Gasteiger partial charge in [0.25, 0.3) is 0 Å². The lowest BCUT2D eigenvalue weighted by Gasteiger charge is -2.08. The molecule has 0 saturated carbocycles. The highest BCUT2D eigenvalue weighted by atomic mass is 16.6. The minimum atomic E-state index is -0.550. The van der Waals surface area contributed by atoms with Crippen molar-refractivity contribution in [2.24, 2.45) is 0 Å². The second kappa shape index (κ2) is 9.19. The molecular formula is C18H20N2O4. The Bertz CT molecular complexity index is 656. The van der Waals surface area contributed by atoms with E-state index < -0.39 is 6.09 Å². The predicted molar refractivity (Wildman–Crippen MR) is 90.2 cm³/mol. The third-order valence-corrected chi connectivity index (χ3v) is 3.19. The fourth-order valence-corrected chi connectivity index (χ4v) is 1.99. The van der Waals surface area contributed by atoms with E-state index in [0.717, 1.165) is 11.3 Å². The monoisotopic (exact) mass is 328 g/mol. The summed E-state index contributed by atoms with van der Waals surface area (Å²) in [7, 11) is 1.59. The smallest absolute Gasteiger partial charge is 0.412 e. The van der Waals surface area contributed by atoms with E-state index in [1.807, 2.05) is 30.3 Å². The van der Waals surface area contributed by atoms with Gasteiger partial charge in [-0.3, -0.25) is 4.79 Å². The molecule has 0 fully saturated rings. The molecule has 0 spiro atoms. The van der Waals surface area contributed by atoms with E-state index in [-0.39, 0.29) is 12.3 Å². The first-order valence-corrected chi connectivity index (χ1v) is 7.58. The lowest BCUT2D eigenvalue weighted by atomic mass is 10.1. The van der Waals surface area contributed by atoms with Crippen molar-refractivity contribution in [3.63, 3.8) is 0 Å². The Kier molecular flexibility index (Phi) is 6.64. The van der Waals surface area contributed by atoms with Gasteiger partial charge in [-0.2, -0.15) is 0 Å². The molecule has 6 heteroatoms. The van der Waals surface area contributed by atoms with Crippen LogP contribution < -0.4 is 20.1 Å². The Morgan fingerprint density at radius 2 is 1.54 bits per heavy atom. The maximum absolute atomic E-state index is 11.8. The van der Waals surface area contributed by atoms with Crippen LogP contribution >= 0.6 is 0 Å². The number of benzene rings is 2. The molecule has 0 aliphatic carbocycles. The van der Waals surface area contributed by atoms with E-state index in [1.165, 1.54) is 0 Å². The van der Waals surface area contributed by atoms with Crippen molar-refractivity contribution in [2.45, 2.75) is 6.42 Å². The van der Waals surface area contributed by atoms with Gasteiger partial charge in [0.15, 0.2) is 0 Å². The van der Waals surface area contributed by atoms with Crippen molar-refractivity contribution in [2.75, 3.05) is 20.2 Å². The zero-order valence-electron chi connectivity index (χ0n) is 13.5. The fraction of sp³-hybridized carbons (Fsp3) is 0.222. The summed E-state index contributed by atoms with van der Waals surface area (Å²) in [6.45, 7) is 0.624. The Labute approximate surface area is 140 Å². The number of hydrogen-bond acceptors (Lipinski definition) is 4. The van der Waals surface area contributed by atoms with E-state index >= 15 is 0 Å². The largest absolute Gasteiger partial charge is 0.497 e. The number of rotatable bonds is 7. The standard InChI is InChI=1S/C18H20N2O4/c1-23-15-9-7-14(8-10-15)13-17(21)19-11-12-20-18(22)24-16-5-3-2-4-6-16/h2-10H,11-13H2,1H3,(H,19,21)(H,20,22). The third-order valence-electron chi connectivity index (χ3n) is 3.19. The zero-order chi connectivity index (χ0) is 17.2. The molecular weight excluding hydrogens is 308 g/mol. The van der Waals surface area contributed by atoms with E-state index in [4.69, 9.17) is 9.47 Å². The molecule has 0 bridgehead atoms. The Hall–Kier alpha value is -3.02. The van der Waals surface area contributed by atoms with Gasteiger partial charge in [0.2, 0.25) is 5.91 Å². The van der Waals surface area contributed by atoms with Crippen molar-refractivity contribution >= 4 is 12.0 Å². The molecule has 0 aliphatic heterocycles. The molecule has 2 rings (SSSR count). The topological polar surface area (TPSA) is 76.7 Å². The molecule has 6 nitrogen and oxygen atoms in total. The van der Waals surface area contributed by atoms with Crippen LogP contribution in [0.15, 0.2) is 54.6 Å². The Balaban J connectivity index is 1.62. The molecule has 0 atom stereocenters. The third kappa shape index (κ3) is 6.00. The summed E-state index contributed by atoms with van der Waals surface area (Å²) < 4.78 is 10.1. The molecule has 2 N–H and O–H groups in total. The molecule has 0 heterocycles. The van der Waals surface area contributed by atoms with Crippen LogP contribution in [0.1, 0.15) is 5.56 Å². The highest BCUT2D eigenvalue weighted by Gasteiger charge is 2.05. The van der Waals surface area contributed by atoms with Crippen LogP contribution in [0.3, 0.4) is 0 Å². The summed E-state index contributed by atoms with van der Waals surface area (Å²) in [5.74, 6) is 1.11. The number of hydrogen-bond donors (Lipinski definition) is 2. The van der Waals surface area contributed by atoms with Crippen LogP contribution in [-0.2, 0) is 11.2 Å². The van der Waals surface area contributed by atoms with Crippen molar-refractivity contribution < 1.29 is 19.1 Å². The van der Waals surface area contributed by atoms with Crippen molar-refractivity contribution in [1.82, 2.24) is 10.6 Å². The van der Waals surface area contributed by atoms with Crippen LogP contribution in [0.4, 0.5) is 4.79 Å². The average Bonchev–Trinajstić information content (AvgIpc) is 2.60. The number of para-hydroxylation sites is 1. The van der Waals surface area contributed by atoms with Crippen LogP contribution in [0, 0.1) is 0 Å². The van der Waals surface area contributed by atoms with Crippen molar-refractivity contribution in [3.8, 4) is 11.5 Å². The molecule has 0 aromatic heterocycles. The van der Waals surface area contributed by atoms with E-state index in [0.29, 0.717) is 18.8 Å². The summed E-state index contributed by atoms with van der Waals surface area (Å²) in [5, 5.41) is 5.31. The Morgan fingerprint density at radius 1 is 0.875 bits per heavy atom. The van der Waals surface area contributed by atoms with Gasteiger partial charge in [-0.15, -0.1) is 0 Å². The number of carbonyl (C=O) groups excluding carboxylic acids is 2. The lowest BCUT2D eigenvalue weighted by Crippen LogP contribution is -2.36. The van der Waals surface area contributed by atoms with Crippen LogP contribution in [0.2, 0.25) is 0 Å². The second-order valence-electron chi connectivity index (χ2n) is 5.00. The van der Waals surface area contributed by atoms with Crippen molar-refractivity contribution in [3.05, 3.63) is 60.2 Å². The van der Waals surface area contributed by atoms with E-state index in [1.54, 1.807) is 31.4 Å². The number of ether oxygens (including phenoxy) is 2. The number of nitrogens with one attached hydrogen (secondary N) is 2. The van der Waals surface area contributed by atoms with E-state index in [2.05, 4.69) is 10.6 Å². The minimum Gasteiger partial charge on any atom is -0.497 e. The van der Waals surface area contributed by atoms with Crippen LogP contribution in [0.5, 0.6) is 11.5 Å². The quantitative estimate of drug-likeness (QED) is 0.764. The van der Waals surface area contributed by atoms with Gasteiger partial charge in [-0.25, -0.2) is 4.79 Å². The molecule has 2 aromatic carbocycles. The van der Waals surface area contributed by atoms with Crippen LogP contribution in [-0.4, -0.2) is 32.2 Å². The normalized spacial score (nSPS) is 9.88. The molecule has 0 radical (unpaired) electrons. The lowest BCUT2D eigenvalue weighted by molar-refractivity contribution is -0.120. The van der Waals surface area contributed by atoms with Gasteiger partial charge in [-0.1, -0.05) is 30.3 Å². The number of amides is 2. The highest BCUT2D eigenvalue weighted by molar-refractivity contribution is 5.78. The zero-order valence-corrected chi connectivity index (χ0v) is 13.5. The molecule has 126 valence electrons. The van der Waals surface area contributed by atoms with Gasteiger partial charge < -0.3 is 20.1 Å². The first kappa shape index (κ1) is 17.3. The minimum absolute atomic E-state index is 0.113. The number of carbonyl (C=O) groups is 2. The molecule has 24 heavy (non-hydrogen) atoms. The van der Waals surface area contributed by atoms with Gasteiger partial charge in [0.05, 0.1) is 13.5 Å². The number of methoxy groups -OCH3 is 1. The average molecular weight is 328 g/mol. The van der Waals surface area contributed by atoms with Gasteiger partial charge >= 0.3 is 6.09 Å². The van der Waals surface area contributed by atoms with E-state index in [9.17, 15) is 9.59 Å². The highest BCUT2D eigenvalue weighted by Crippen LogP contribution is 2.11. The molecule has 0 saturated heterocycles. The summed E-state index contributed by atoms with van der Waals surface area (Å²) >= 11 is 0. The first-order chi connectivity index (χ1) is 11.7. The molecule has 0 aliphatic rings. The van der Waals surface area contributed by atoms with Gasteiger partial charge in [0.1, 0.15) is 11.5 Å². The summed E-state index contributed by atoms with van der Waals surface area (Å²) in [6, 6.07) is 16.1. The Morgan fingerprint density at radius 3 is 2.21 bits per heavy atom. The van der Waals surface area contributed by atoms with Gasteiger partial charge in [0, 0.05) is 13.1 Å². The fourth-order valence-electron chi connectivity index (χ4n) is 1.99. The van der Waals surface area contributed by atoms with Crippen LogP contribution in [0.25, 0.3) is 0 Å². The summed E-state index contributed by atoms with van der Waals surface area (Å²) in [4.78, 5) is 23.4. The van der Waals surface area contributed by atoms with Gasteiger partial charge in [-0.05, 0) is 29.8 Å². The SMILES string of the molecule is COc1ccc(CC(=O)NCCNC(=O)Oc2ccccc2)cc1. The first-order valence-electron chi connectivity index (χ1n) is 7.58. The maximum Gasteiger partial charge on any atom is 0.412 e. The van der Waals surface area contributed by atoms with Crippen molar-refractivity contribution in [1.29, 1.82) is 0 Å². The molecule has 2 amide bonds. The molecule has 0 unspecified atom stereocenters. The summed E-state index contributed by atoms with van der Waals surface area (Å²) in [5.41, 5.74) is 0.893. The predicted octanol–water partition coefficient (Wildman–Crippen LogP) is 2.14. The maximum atomic E-state index is 11.8.